The summed E-state index contributed by atoms with van der Waals surface area (Å²) in [5.74, 6) is 0. The van der Waals surface area contributed by atoms with E-state index >= 15 is 0 Å². The Kier molecular flexibility index (Phi) is 12.8. The summed E-state index contributed by atoms with van der Waals surface area (Å²) in [6.07, 6.45) is -35.3. The first-order valence-corrected chi connectivity index (χ1v) is 14.1. The molecule has 4 fully saturated rings. The fraction of sp³-hybridized carbons (Fsp3) is 1.00. The second-order valence-corrected chi connectivity index (χ2v) is 11.1. The van der Waals surface area contributed by atoms with Gasteiger partial charge in [0.25, 0.3) is 0 Å². The van der Waals surface area contributed by atoms with Gasteiger partial charge in [-0.3, -0.25) is 0 Å². The Hall–Kier alpha value is -0.840. The molecule has 0 radical (unpaired) electrons. The van der Waals surface area contributed by atoms with E-state index in [9.17, 15) is 71.5 Å². The second kappa shape index (κ2) is 15.6. The molecule has 0 aromatic carbocycles. The largest absolute Gasteiger partial charge is 0.394 e. The molecule has 0 aromatic rings. The van der Waals surface area contributed by atoms with Crippen molar-refractivity contribution in [2.24, 2.45) is 0 Å². The zero-order chi connectivity index (χ0) is 33.3. The van der Waals surface area contributed by atoms with Gasteiger partial charge in [-0.25, -0.2) is 0 Å². The van der Waals surface area contributed by atoms with Crippen molar-refractivity contribution in [1.29, 1.82) is 0 Å². The van der Waals surface area contributed by atoms with E-state index in [-0.39, 0.29) is 0 Å². The van der Waals surface area contributed by atoms with Crippen LogP contribution in [-0.4, -0.2) is 221 Å². The maximum Gasteiger partial charge on any atom is 0.187 e. The van der Waals surface area contributed by atoms with Gasteiger partial charge in [-0.2, -0.15) is 0 Å². The first-order valence-electron chi connectivity index (χ1n) is 14.1. The summed E-state index contributed by atoms with van der Waals surface area (Å²) >= 11 is 0. The van der Waals surface area contributed by atoms with Crippen LogP contribution in [0.3, 0.4) is 0 Å². The van der Waals surface area contributed by atoms with E-state index < -0.39 is 149 Å². The molecule has 0 aromatic heterocycles. The molecule has 14 N–H and O–H groups in total. The Morgan fingerprint density at radius 2 is 0.644 bits per heavy atom. The molecule has 0 saturated carbocycles. The summed E-state index contributed by atoms with van der Waals surface area (Å²) in [5.41, 5.74) is 0. The number of hydrogen-bond donors (Lipinski definition) is 14. The number of aliphatic hydroxyl groups excluding tert-OH is 14. The fourth-order valence-electron chi connectivity index (χ4n) is 5.55. The number of aliphatic hydroxyl groups is 14. The first kappa shape index (κ1) is 37.0. The molecule has 20 atom stereocenters. The summed E-state index contributed by atoms with van der Waals surface area (Å²) in [6.45, 7) is -3.39. The Balaban J connectivity index is 1.43. The molecule has 4 aliphatic rings. The van der Waals surface area contributed by atoms with Crippen LogP contribution < -0.4 is 0 Å². The maximum absolute atomic E-state index is 10.9. The highest BCUT2D eigenvalue weighted by molar-refractivity contribution is 4.97. The molecule has 1 unspecified atom stereocenters. The molecule has 0 spiro atoms. The third-order valence-electron chi connectivity index (χ3n) is 8.20. The molecule has 4 aliphatic heterocycles. The molecule has 0 amide bonds. The zero-order valence-electron chi connectivity index (χ0n) is 23.5. The lowest BCUT2D eigenvalue weighted by Gasteiger charge is -2.49. The van der Waals surface area contributed by atoms with Gasteiger partial charge in [-0.15, -0.1) is 0 Å². The molecule has 4 rings (SSSR count). The van der Waals surface area contributed by atoms with Crippen molar-refractivity contribution in [3.63, 3.8) is 0 Å². The normalized spacial score (nSPS) is 52.9. The van der Waals surface area contributed by atoms with E-state index in [0.29, 0.717) is 0 Å². The summed E-state index contributed by atoms with van der Waals surface area (Å²) in [5, 5.41) is 142. The molecule has 21 heteroatoms. The van der Waals surface area contributed by atoms with Gasteiger partial charge < -0.3 is 105 Å². The van der Waals surface area contributed by atoms with Gasteiger partial charge in [-0.05, 0) is 0 Å². The summed E-state index contributed by atoms with van der Waals surface area (Å²) < 4.78 is 37.7. The molecular formula is C24H42O21. The molecule has 45 heavy (non-hydrogen) atoms. The molecule has 4 saturated heterocycles. The van der Waals surface area contributed by atoms with Gasteiger partial charge in [0.05, 0.1) is 26.4 Å². The molecular weight excluding hydrogens is 624 g/mol. The number of rotatable bonds is 10. The van der Waals surface area contributed by atoms with Crippen molar-refractivity contribution >= 4 is 0 Å². The predicted molar refractivity (Wildman–Crippen MR) is 134 cm³/mol. The van der Waals surface area contributed by atoms with Crippen molar-refractivity contribution in [3.8, 4) is 0 Å². The van der Waals surface area contributed by atoms with E-state index in [1.807, 2.05) is 0 Å². The van der Waals surface area contributed by atoms with Crippen LogP contribution in [0.2, 0.25) is 0 Å². The zero-order valence-corrected chi connectivity index (χ0v) is 23.5. The Morgan fingerprint density at radius 3 is 1.02 bits per heavy atom. The van der Waals surface area contributed by atoms with Crippen LogP contribution >= 0.6 is 0 Å². The maximum atomic E-state index is 10.9. The SMILES string of the molecule is OC[C@H]1O[C@@H](O[C@@H]2[C@H](O)[C@@H](O)[C@H](O[C@@H]3[C@H](O)[C@@H](O)[C@H](O[C@@H]4[C@H](O)[C@@H](O)C(O)O[C@@H]4CO)O[C@@H]3CO)O[C@@H]2CO)[C@H](O)[C@@H](O)[C@H]1O. The van der Waals surface area contributed by atoms with Gasteiger partial charge in [0.15, 0.2) is 25.2 Å². The van der Waals surface area contributed by atoms with Crippen LogP contribution in [0.25, 0.3) is 0 Å². The Bertz CT molecular complexity index is 910. The minimum Gasteiger partial charge on any atom is -0.394 e. The van der Waals surface area contributed by atoms with Crippen LogP contribution in [0.15, 0.2) is 0 Å². The van der Waals surface area contributed by atoms with E-state index in [1.54, 1.807) is 0 Å². The lowest BCUT2D eigenvalue weighted by molar-refractivity contribution is -0.387. The van der Waals surface area contributed by atoms with E-state index in [4.69, 9.17) is 33.2 Å². The molecule has 0 aliphatic carbocycles. The first-order chi connectivity index (χ1) is 21.3. The lowest BCUT2D eigenvalue weighted by atomic mass is 9.95. The van der Waals surface area contributed by atoms with Gasteiger partial charge in [0.1, 0.15) is 97.7 Å². The standard InChI is InChI=1S/C24H42O21/c25-1-5-9(29)10(30)15(35)22(40-5)44-19-7(3-27)42-24(17(37)12(19)32)45-20-8(4-28)41-23(16(36)13(20)33)43-18-6(2-26)39-21(38)14(34)11(18)31/h5-38H,1-4H2/t5-,6-,7-,8-,9+,10+,11-,12-,13-,14-,15-,16-,17-,18+,19+,20+,21?,22+,23+,24+/m1/s1. The second-order valence-electron chi connectivity index (χ2n) is 11.1. The van der Waals surface area contributed by atoms with Crippen molar-refractivity contribution in [1.82, 2.24) is 0 Å². The van der Waals surface area contributed by atoms with Crippen LogP contribution in [-0.2, 0) is 33.2 Å². The van der Waals surface area contributed by atoms with Crippen molar-refractivity contribution in [2.45, 2.75) is 123 Å². The van der Waals surface area contributed by atoms with Gasteiger partial charge >= 0.3 is 0 Å². The quantitative estimate of drug-likeness (QED) is 0.103. The van der Waals surface area contributed by atoms with Crippen LogP contribution in [0.1, 0.15) is 0 Å². The monoisotopic (exact) mass is 666 g/mol. The van der Waals surface area contributed by atoms with Crippen LogP contribution in [0.4, 0.5) is 0 Å². The van der Waals surface area contributed by atoms with E-state index in [1.165, 1.54) is 0 Å². The van der Waals surface area contributed by atoms with Gasteiger partial charge in [-0.1, -0.05) is 0 Å². The van der Waals surface area contributed by atoms with Gasteiger partial charge in [0.2, 0.25) is 0 Å². The minimum absolute atomic E-state index is 0.784. The summed E-state index contributed by atoms with van der Waals surface area (Å²) in [6, 6.07) is 0. The molecule has 21 nitrogen and oxygen atoms in total. The average molecular weight is 667 g/mol. The van der Waals surface area contributed by atoms with Gasteiger partial charge in [0, 0.05) is 0 Å². The van der Waals surface area contributed by atoms with E-state index in [0.717, 1.165) is 0 Å². The molecule has 4 heterocycles. The fourth-order valence-corrected chi connectivity index (χ4v) is 5.55. The van der Waals surface area contributed by atoms with Crippen LogP contribution in [0, 0.1) is 0 Å². The highest BCUT2D eigenvalue weighted by Crippen LogP contribution is 2.34. The third-order valence-corrected chi connectivity index (χ3v) is 8.20. The van der Waals surface area contributed by atoms with Crippen LogP contribution in [0.5, 0.6) is 0 Å². The van der Waals surface area contributed by atoms with Crippen molar-refractivity contribution in [2.75, 3.05) is 26.4 Å². The smallest absolute Gasteiger partial charge is 0.187 e. The summed E-state index contributed by atoms with van der Waals surface area (Å²) in [7, 11) is 0. The Labute approximate surface area is 254 Å². The minimum atomic E-state index is -2.02. The summed E-state index contributed by atoms with van der Waals surface area (Å²) in [4.78, 5) is 0. The Morgan fingerprint density at radius 1 is 0.333 bits per heavy atom. The molecule has 0 bridgehead atoms. The molecule has 264 valence electrons. The topological polar surface area (TPSA) is 348 Å². The number of ether oxygens (including phenoxy) is 7. The van der Waals surface area contributed by atoms with Crippen molar-refractivity contribution < 1.29 is 105 Å². The third kappa shape index (κ3) is 7.44. The van der Waals surface area contributed by atoms with E-state index in [2.05, 4.69) is 0 Å². The highest BCUT2D eigenvalue weighted by atomic mass is 16.8. The predicted octanol–water partition coefficient (Wildman–Crippen LogP) is -9.75. The average Bonchev–Trinajstić information content (AvgIpc) is 3.03. The van der Waals surface area contributed by atoms with Crippen molar-refractivity contribution in [3.05, 3.63) is 0 Å². The lowest BCUT2D eigenvalue weighted by Crippen LogP contribution is -2.67. The number of hydrogen-bond acceptors (Lipinski definition) is 21. The highest BCUT2D eigenvalue weighted by Gasteiger charge is 2.55.